The smallest absolute Gasteiger partial charge is 0.120 e. The number of phenolic OH excluding ortho intramolecular Hbond substituents is 1. The Balaban J connectivity index is 2.99. The molecule has 0 aliphatic rings. The average Bonchev–Trinajstić information content (AvgIpc) is 2.19. The van der Waals surface area contributed by atoms with Gasteiger partial charge in [0.1, 0.15) is 5.75 Å². The molecule has 3 heteroatoms. The highest BCUT2D eigenvalue weighted by atomic mass is 35.5. The molecule has 2 atom stereocenters. The van der Waals surface area contributed by atoms with E-state index in [-0.39, 0.29) is 11.8 Å². The van der Waals surface area contributed by atoms with E-state index in [9.17, 15) is 5.11 Å². The molecule has 0 radical (unpaired) electrons. The van der Waals surface area contributed by atoms with Gasteiger partial charge in [-0.15, -0.1) is 0 Å². The third kappa shape index (κ3) is 2.40. The second-order valence-electron chi connectivity index (χ2n) is 3.61. The van der Waals surface area contributed by atoms with Gasteiger partial charge in [0.05, 0.1) is 0 Å². The van der Waals surface area contributed by atoms with Gasteiger partial charge in [-0.1, -0.05) is 31.9 Å². The highest BCUT2D eigenvalue weighted by molar-refractivity contribution is 6.30. The van der Waals surface area contributed by atoms with Gasteiger partial charge in [0.15, 0.2) is 0 Å². The Morgan fingerprint density at radius 3 is 2.71 bits per heavy atom. The summed E-state index contributed by atoms with van der Waals surface area (Å²) >= 11 is 5.84. The van der Waals surface area contributed by atoms with E-state index in [4.69, 9.17) is 17.3 Å². The van der Waals surface area contributed by atoms with E-state index in [0.717, 1.165) is 12.0 Å². The summed E-state index contributed by atoms with van der Waals surface area (Å²) in [5.74, 6) is 0.557. The van der Waals surface area contributed by atoms with Gasteiger partial charge < -0.3 is 10.8 Å². The van der Waals surface area contributed by atoms with Crippen molar-refractivity contribution in [2.24, 2.45) is 11.7 Å². The van der Waals surface area contributed by atoms with E-state index in [1.54, 1.807) is 18.2 Å². The molecule has 0 amide bonds. The third-order valence-electron chi connectivity index (χ3n) is 2.61. The fraction of sp³-hybridized carbons (Fsp3) is 0.455. The topological polar surface area (TPSA) is 46.2 Å². The summed E-state index contributed by atoms with van der Waals surface area (Å²) in [6, 6.07) is 4.82. The largest absolute Gasteiger partial charge is 0.508 e. The second-order valence-corrected chi connectivity index (χ2v) is 4.05. The minimum Gasteiger partial charge on any atom is -0.508 e. The van der Waals surface area contributed by atoms with Crippen molar-refractivity contribution in [1.29, 1.82) is 0 Å². The number of benzene rings is 1. The highest BCUT2D eigenvalue weighted by Crippen LogP contribution is 2.30. The first-order valence-electron chi connectivity index (χ1n) is 4.80. The molecule has 0 fully saturated rings. The van der Waals surface area contributed by atoms with Crippen molar-refractivity contribution >= 4 is 11.6 Å². The molecule has 14 heavy (non-hydrogen) atoms. The predicted octanol–water partition coefficient (Wildman–Crippen LogP) is 3.09. The first-order chi connectivity index (χ1) is 6.56. The summed E-state index contributed by atoms with van der Waals surface area (Å²) in [7, 11) is 0. The van der Waals surface area contributed by atoms with Gasteiger partial charge in [-0.05, 0) is 24.1 Å². The molecule has 0 bridgehead atoms. The van der Waals surface area contributed by atoms with Gasteiger partial charge in [0.2, 0.25) is 0 Å². The standard InChI is InChI=1S/C11H16ClNO/c1-3-7(2)11(13)9-6-8(12)4-5-10(9)14/h4-7,11,14H,3,13H2,1-2H3. The van der Waals surface area contributed by atoms with Crippen LogP contribution in [0.1, 0.15) is 31.9 Å². The molecule has 0 aliphatic carbocycles. The van der Waals surface area contributed by atoms with Crippen LogP contribution in [0.2, 0.25) is 5.02 Å². The van der Waals surface area contributed by atoms with E-state index in [1.165, 1.54) is 0 Å². The second kappa shape index (κ2) is 4.67. The molecule has 0 saturated heterocycles. The first-order valence-corrected chi connectivity index (χ1v) is 5.18. The van der Waals surface area contributed by atoms with Gasteiger partial charge >= 0.3 is 0 Å². The zero-order chi connectivity index (χ0) is 10.7. The lowest BCUT2D eigenvalue weighted by molar-refractivity contribution is 0.419. The number of phenols is 1. The molecule has 0 spiro atoms. The Kier molecular flexibility index (Phi) is 3.78. The van der Waals surface area contributed by atoms with Crippen LogP contribution < -0.4 is 5.73 Å². The van der Waals surface area contributed by atoms with Crippen LogP contribution in [0.4, 0.5) is 0 Å². The summed E-state index contributed by atoms with van der Waals surface area (Å²) < 4.78 is 0. The van der Waals surface area contributed by atoms with Gasteiger partial charge in [-0.3, -0.25) is 0 Å². The monoisotopic (exact) mass is 213 g/mol. The van der Waals surface area contributed by atoms with E-state index >= 15 is 0 Å². The summed E-state index contributed by atoms with van der Waals surface area (Å²) in [6.45, 7) is 4.14. The normalized spacial score (nSPS) is 15.1. The zero-order valence-corrected chi connectivity index (χ0v) is 9.25. The molecule has 0 aliphatic heterocycles. The summed E-state index contributed by atoms with van der Waals surface area (Å²) in [5.41, 5.74) is 6.73. The minimum absolute atomic E-state index is 0.154. The minimum atomic E-state index is -0.154. The Hall–Kier alpha value is -0.730. The molecule has 1 aromatic rings. The molecule has 1 rings (SSSR count). The van der Waals surface area contributed by atoms with Crippen molar-refractivity contribution in [3.63, 3.8) is 0 Å². The maximum absolute atomic E-state index is 9.61. The van der Waals surface area contributed by atoms with Crippen molar-refractivity contribution in [3.05, 3.63) is 28.8 Å². The molecule has 3 N–H and O–H groups in total. The van der Waals surface area contributed by atoms with Crippen LogP contribution in [0.3, 0.4) is 0 Å². The molecule has 0 aromatic heterocycles. The number of nitrogens with two attached hydrogens (primary N) is 1. The number of rotatable bonds is 3. The summed E-state index contributed by atoms with van der Waals surface area (Å²) in [6.07, 6.45) is 0.979. The fourth-order valence-corrected chi connectivity index (χ4v) is 1.53. The van der Waals surface area contributed by atoms with Crippen molar-refractivity contribution in [3.8, 4) is 5.75 Å². The molecule has 1 aromatic carbocycles. The van der Waals surface area contributed by atoms with Crippen LogP contribution in [0.5, 0.6) is 5.75 Å². The predicted molar refractivity (Wildman–Crippen MR) is 59.5 cm³/mol. The maximum atomic E-state index is 9.61. The Bertz CT molecular complexity index is 314. The fourth-order valence-electron chi connectivity index (χ4n) is 1.35. The Labute approximate surface area is 89.7 Å². The number of hydrogen-bond acceptors (Lipinski definition) is 2. The summed E-state index contributed by atoms with van der Waals surface area (Å²) in [4.78, 5) is 0. The quantitative estimate of drug-likeness (QED) is 0.811. The molecule has 2 unspecified atom stereocenters. The molecule has 78 valence electrons. The summed E-state index contributed by atoms with van der Waals surface area (Å²) in [5, 5.41) is 10.2. The third-order valence-corrected chi connectivity index (χ3v) is 2.84. The van der Waals surface area contributed by atoms with Crippen LogP contribution >= 0.6 is 11.6 Å². The number of halogens is 1. The Morgan fingerprint density at radius 2 is 2.14 bits per heavy atom. The average molecular weight is 214 g/mol. The first kappa shape index (κ1) is 11.3. The van der Waals surface area contributed by atoms with E-state index < -0.39 is 0 Å². The van der Waals surface area contributed by atoms with Crippen LogP contribution in [-0.2, 0) is 0 Å². The van der Waals surface area contributed by atoms with Gasteiger partial charge in [0, 0.05) is 16.6 Å². The van der Waals surface area contributed by atoms with E-state index in [2.05, 4.69) is 13.8 Å². The molecular formula is C11H16ClNO. The van der Waals surface area contributed by atoms with Gasteiger partial charge in [-0.2, -0.15) is 0 Å². The van der Waals surface area contributed by atoms with Crippen molar-refractivity contribution in [2.75, 3.05) is 0 Å². The molecule has 2 nitrogen and oxygen atoms in total. The van der Waals surface area contributed by atoms with Crippen LogP contribution in [-0.4, -0.2) is 5.11 Å². The number of hydrogen-bond donors (Lipinski definition) is 2. The van der Waals surface area contributed by atoms with Gasteiger partial charge in [0.25, 0.3) is 0 Å². The van der Waals surface area contributed by atoms with E-state index in [0.29, 0.717) is 10.9 Å². The number of aromatic hydroxyl groups is 1. The lowest BCUT2D eigenvalue weighted by Crippen LogP contribution is -2.18. The maximum Gasteiger partial charge on any atom is 0.120 e. The van der Waals surface area contributed by atoms with Crippen LogP contribution in [0.15, 0.2) is 18.2 Å². The van der Waals surface area contributed by atoms with Crippen LogP contribution in [0.25, 0.3) is 0 Å². The lowest BCUT2D eigenvalue weighted by Gasteiger charge is -2.19. The van der Waals surface area contributed by atoms with Crippen molar-refractivity contribution in [2.45, 2.75) is 26.3 Å². The zero-order valence-electron chi connectivity index (χ0n) is 8.50. The lowest BCUT2D eigenvalue weighted by atomic mass is 9.93. The highest BCUT2D eigenvalue weighted by Gasteiger charge is 2.16. The Morgan fingerprint density at radius 1 is 1.50 bits per heavy atom. The van der Waals surface area contributed by atoms with Gasteiger partial charge in [-0.25, -0.2) is 0 Å². The SMILES string of the molecule is CCC(C)C(N)c1cc(Cl)ccc1O. The molecule has 0 saturated carbocycles. The van der Waals surface area contributed by atoms with Crippen molar-refractivity contribution < 1.29 is 5.11 Å². The molecule has 0 heterocycles. The van der Waals surface area contributed by atoms with Crippen LogP contribution in [0, 0.1) is 5.92 Å². The van der Waals surface area contributed by atoms with Crippen molar-refractivity contribution in [1.82, 2.24) is 0 Å². The molecular weight excluding hydrogens is 198 g/mol. The van der Waals surface area contributed by atoms with E-state index in [1.807, 2.05) is 0 Å².